The van der Waals surface area contributed by atoms with Crippen molar-refractivity contribution >= 4 is 21.7 Å². The summed E-state index contributed by atoms with van der Waals surface area (Å²) in [6, 6.07) is 1.98. The van der Waals surface area contributed by atoms with Gasteiger partial charge in [0.05, 0.1) is 6.54 Å². The number of fused-ring (bicyclic) bond motifs is 1. The van der Waals surface area contributed by atoms with Gasteiger partial charge in [-0.3, -0.25) is 0 Å². The molecule has 20 heavy (non-hydrogen) atoms. The molecule has 2 aromatic heterocycles. The van der Waals surface area contributed by atoms with E-state index in [2.05, 4.69) is 56.1 Å². The molecule has 0 unspecified atom stereocenters. The van der Waals surface area contributed by atoms with Crippen molar-refractivity contribution in [1.29, 1.82) is 0 Å². The molecule has 0 spiro atoms. The van der Waals surface area contributed by atoms with Crippen LogP contribution in [0.15, 0.2) is 23.1 Å². The molecule has 1 aliphatic heterocycles. The van der Waals surface area contributed by atoms with E-state index in [1.807, 2.05) is 18.5 Å². The van der Waals surface area contributed by atoms with Crippen molar-refractivity contribution in [2.75, 3.05) is 11.4 Å². The summed E-state index contributed by atoms with van der Waals surface area (Å²) >= 11 is 3.50. The van der Waals surface area contributed by atoms with Gasteiger partial charge in [-0.25, -0.2) is 15.0 Å². The molecule has 0 saturated carbocycles. The molecular formula is C14H18BrN5. The Morgan fingerprint density at radius 3 is 2.75 bits per heavy atom. The molecule has 0 atom stereocenters. The Labute approximate surface area is 127 Å². The van der Waals surface area contributed by atoms with Crippen LogP contribution < -0.4 is 4.90 Å². The third-order valence-electron chi connectivity index (χ3n) is 3.42. The van der Waals surface area contributed by atoms with Crippen LogP contribution in [0.1, 0.15) is 32.4 Å². The maximum absolute atomic E-state index is 4.73. The van der Waals surface area contributed by atoms with Crippen molar-refractivity contribution in [3.05, 3.63) is 34.7 Å². The topological polar surface area (TPSA) is 46.8 Å². The third kappa shape index (κ3) is 2.57. The van der Waals surface area contributed by atoms with Gasteiger partial charge in [0.15, 0.2) is 0 Å². The zero-order valence-corrected chi connectivity index (χ0v) is 13.6. The fourth-order valence-corrected chi connectivity index (χ4v) is 2.64. The molecule has 0 saturated heterocycles. The van der Waals surface area contributed by atoms with Gasteiger partial charge in [0.2, 0.25) is 0 Å². The molecule has 0 fully saturated rings. The van der Waals surface area contributed by atoms with Crippen molar-refractivity contribution in [3.63, 3.8) is 0 Å². The van der Waals surface area contributed by atoms with E-state index in [4.69, 9.17) is 4.98 Å². The van der Waals surface area contributed by atoms with Gasteiger partial charge in [-0.15, -0.1) is 0 Å². The predicted octanol–water partition coefficient (Wildman–Crippen LogP) is 2.75. The number of imidazole rings is 1. The molecule has 106 valence electrons. The van der Waals surface area contributed by atoms with E-state index in [0.717, 1.165) is 41.7 Å². The molecule has 0 radical (unpaired) electrons. The Kier molecular flexibility index (Phi) is 3.28. The lowest BCUT2D eigenvalue weighted by atomic mass is 9.96. The van der Waals surface area contributed by atoms with Crippen LogP contribution in [0.5, 0.6) is 0 Å². The first kappa shape index (κ1) is 13.5. The molecule has 1 aliphatic rings. The minimum absolute atomic E-state index is 0.0627. The smallest absolute Gasteiger partial charge is 0.137 e. The highest BCUT2D eigenvalue weighted by molar-refractivity contribution is 9.10. The van der Waals surface area contributed by atoms with Crippen LogP contribution >= 0.6 is 15.9 Å². The van der Waals surface area contributed by atoms with Crippen LogP contribution in [0.4, 0.5) is 5.82 Å². The first-order valence-corrected chi connectivity index (χ1v) is 7.53. The van der Waals surface area contributed by atoms with E-state index in [1.54, 1.807) is 0 Å². The molecule has 0 amide bonds. The highest BCUT2D eigenvalue weighted by Crippen LogP contribution is 2.26. The maximum Gasteiger partial charge on any atom is 0.137 e. The van der Waals surface area contributed by atoms with Gasteiger partial charge in [-0.1, -0.05) is 20.8 Å². The predicted molar refractivity (Wildman–Crippen MR) is 81.7 cm³/mol. The molecular weight excluding hydrogens is 318 g/mol. The van der Waals surface area contributed by atoms with Gasteiger partial charge in [-0.05, 0) is 15.9 Å². The summed E-state index contributed by atoms with van der Waals surface area (Å²) in [4.78, 5) is 15.9. The van der Waals surface area contributed by atoms with Crippen molar-refractivity contribution in [3.8, 4) is 0 Å². The van der Waals surface area contributed by atoms with Gasteiger partial charge < -0.3 is 9.47 Å². The first-order valence-electron chi connectivity index (χ1n) is 6.73. The second-order valence-corrected chi connectivity index (χ2v) is 6.89. The zero-order chi connectivity index (χ0) is 14.3. The molecule has 0 aliphatic carbocycles. The Morgan fingerprint density at radius 2 is 2.00 bits per heavy atom. The summed E-state index contributed by atoms with van der Waals surface area (Å²) in [6.45, 7) is 9.06. The van der Waals surface area contributed by atoms with E-state index in [-0.39, 0.29) is 5.41 Å². The minimum Gasteiger partial charge on any atom is -0.347 e. The van der Waals surface area contributed by atoms with Crippen molar-refractivity contribution < 1.29 is 0 Å². The lowest BCUT2D eigenvalue weighted by Gasteiger charge is -2.29. The average molecular weight is 336 g/mol. The lowest BCUT2D eigenvalue weighted by molar-refractivity contribution is 0.530. The number of nitrogens with zero attached hydrogens (tertiary/aromatic N) is 5. The standard InChI is InChI=1S/C14H18BrN5/c1-14(2,3)13-17-10(15)8-11(18-13)20-7-6-19-5-4-16-12(19)9-20/h4-5,8H,6-7,9H2,1-3H3. The summed E-state index contributed by atoms with van der Waals surface area (Å²) < 4.78 is 3.03. The Balaban J connectivity index is 1.93. The molecule has 0 bridgehead atoms. The van der Waals surface area contributed by atoms with Gasteiger partial charge >= 0.3 is 0 Å². The molecule has 0 N–H and O–H groups in total. The average Bonchev–Trinajstić information content (AvgIpc) is 2.84. The number of rotatable bonds is 1. The Morgan fingerprint density at radius 1 is 1.20 bits per heavy atom. The van der Waals surface area contributed by atoms with Crippen LogP contribution in [-0.4, -0.2) is 26.1 Å². The molecule has 3 rings (SSSR count). The molecule has 3 heterocycles. The van der Waals surface area contributed by atoms with Crippen molar-refractivity contribution in [2.45, 2.75) is 39.3 Å². The fourth-order valence-electron chi connectivity index (χ4n) is 2.27. The number of hydrogen-bond acceptors (Lipinski definition) is 4. The van der Waals surface area contributed by atoms with Crippen LogP contribution in [0.3, 0.4) is 0 Å². The molecule has 6 heteroatoms. The number of hydrogen-bond donors (Lipinski definition) is 0. The Bertz CT molecular complexity index is 629. The number of halogens is 1. The number of anilines is 1. The molecule has 0 aromatic carbocycles. The highest BCUT2D eigenvalue weighted by Gasteiger charge is 2.22. The normalized spacial score (nSPS) is 15.3. The lowest BCUT2D eigenvalue weighted by Crippen LogP contribution is -2.34. The highest BCUT2D eigenvalue weighted by atomic mass is 79.9. The SMILES string of the molecule is CC(C)(C)c1nc(Br)cc(N2CCn3ccnc3C2)n1. The van der Waals surface area contributed by atoms with Gasteiger partial charge in [0, 0.05) is 37.0 Å². The van der Waals surface area contributed by atoms with E-state index in [9.17, 15) is 0 Å². The summed E-state index contributed by atoms with van der Waals surface area (Å²) in [5.74, 6) is 2.91. The fraction of sp³-hybridized carbons (Fsp3) is 0.500. The van der Waals surface area contributed by atoms with Crippen LogP contribution in [0.25, 0.3) is 0 Å². The second kappa shape index (κ2) is 4.84. The van der Waals surface area contributed by atoms with Gasteiger partial charge in [0.1, 0.15) is 22.1 Å². The van der Waals surface area contributed by atoms with E-state index >= 15 is 0 Å². The summed E-state index contributed by atoms with van der Waals surface area (Å²) in [7, 11) is 0. The first-order chi connectivity index (χ1) is 9.43. The summed E-state index contributed by atoms with van der Waals surface area (Å²) in [6.07, 6.45) is 3.89. The summed E-state index contributed by atoms with van der Waals surface area (Å²) in [5.41, 5.74) is -0.0627. The van der Waals surface area contributed by atoms with E-state index < -0.39 is 0 Å². The molecule has 5 nitrogen and oxygen atoms in total. The van der Waals surface area contributed by atoms with Crippen LogP contribution in [-0.2, 0) is 18.5 Å². The Hall–Kier alpha value is -1.43. The van der Waals surface area contributed by atoms with Gasteiger partial charge in [-0.2, -0.15) is 0 Å². The van der Waals surface area contributed by atoms with Crippen LogP contribution in [0.2, 0.25) is 0 Å². The van der Waals surface area contributed by atoms with Crippen LogP contribution in [0, 0.1) is 0 Å². The maximum atomic E-state index is 4.73. The van der Waals surface area contributed by atoms with Gasteiger partial charge in [0.25, 0.3) is 0 Å². The zero-order valence-electron chi connectivity index (χ0n) is 12.0. The largest absolute Gasteiger partial charge is 0.347 e. The molecule has 2 aromatic rings. The van der Waals surface area contributed by atoms with E-state index in [0.29, 0.717) is 0 Å². The van der Waals surface area contributed by atoms with Crippen molar-refractivity contribution in [1.82, 2.24) is 19.5 Å². The quantitative estimate of drug-likeness (QED) is 0.752. The monoisotopic (exact) mass is 335 g/mol. The van der Waals surface area contributed by atoms with Crippen molar-refractivity contribution in [2.24, 2.45) is 0 Å². The second-order valence-electron chi connectivity index (χ2n) is 6.08. The van der Waals surface area contributed by atoms with E-state index in [1.165, 1.54) is 0 Å². The number of aromatic nitrogens is 4. The minimum atomic E-state index is -0.0627. The summed E-state index contributed by atoms with van der Waals surface area (Å²) in [5, 5.41) is 0. The third-order valence-corrected chi connectivity index (χ3v) is 3.83.